The van der Waals surface area contributed by atoms with Gasteiger partial charge >= 0.3 is 0 Å². The van der Waals surface area contributed by atoms with Gasteiger partial charge in [0, 0.05) is 31.6 Å². The molecule has 4 saturated carbocycles. The Morgan fingerprint density at radius 1 is 1.06 bits per heavy atom. The molecule has 5 fully saturated rings. The van der Waals surface area contributed by atoms with Crippen LogP contribution in [0.5, 0.6) is 0 Å². The summed E-state index contributed by atoms with van der Waals surface area (Å²) >= 11 is 0. The summed E-state index contributed by atoms with van der Waals surface area (Å²) in [6, 6.07) is 5.69. The molecule has 0 spiro atoms. The van der Waals surface area contributed by atoms with E-state index in [1.54, 1.807) is 12.3 Å². The van der Waals surface area contributed by atoms with E-state index in [-0.39, 0.29) is 23.1 Å². The van der Waals surface area contributed by atoms with E-state index >= 15 is 0 Å². The molecule has 6 rings (SSSR count). The molecule has 1 saturated heterocycles. The third-order valence-corrected chi connectivity index (χ3v) is 8.09. The predicted octanol–water partition coefficient (Wildman–Crippen LogP) is 2.92. The van der Waals surface area contributed by atoms with Gasteiger partial charge in [-0.05, 0) is 86.7 Å². The molecule has 0 radical (unpaired) electrons. The number of carbonyl (C=O) groups excluding carboxylic acids is 2. The molecule has 0 aromatic carbocycles. The lowest BCUT2D eigenvalue weighted by Crippen LogP contribution is -2.51. The maximum atomic E-state index is 12.6. The fourth-order valence-electron chi connectivity index (χ4n) is 7.13. The number of nitrogens with zero attached hydrogens (tertiary/aromatic N) is 3. The molecule has 1 aromatic heterocycles. The van der Waals surface area contributed by atoms with Crippen LogP contribution in [-0.2, 0) is 9.59 Å². The Hall–Kier alpha value is -2.62. The summed E-state index contributed by atoms with van der Waals surface area (Å²) in [6.07, 6.45) is 11.3. The molecule has 2 heterocycles. The second-order valence-corrected chi connectivity index (χ2v) is 10.4. The minimum Gasteiger partial charge on any atom is -0.357 e. The Balaban J connectivity index is 1.07. The van der Waals surface area contributed by atoms with Crippen LogP contribution in [0.4, 0.5) is 5.82 Å². The van der Waals surface area contributed by atoms with Gasteiger partial charge in [0.2, 0.25) is 11.8 Å². The van der Waals surface area contributed by atoms with Gasteiger partial charge in [0.05, 0.1) is 5.56 Å². The standard InChI is InChI=1S/C24H31N5O2/c25-14-16-1-2-21(26-15-16)29-5-3-20(4-6-29)23(31)28-27-22(30)13-24-10-17-7-18(11-24)9-19(8-17)12-24/h1-2,15,17-20H,3-13H2,(H,27,30)(H,28,31). The lowest BCUT2D eigenvalue weighted by Gasteiger charge is -2.56. The van der Waals surface area contributed by atoms with Crippen LogP contribution in [0.3, 0.4) is 0 Å². The summed E-state index contributed by atoms with van der Waals surface area (Å²) in [5, 5.41) is 8.89. The molecule has 2 N–H and O–H groups in total. The smallest absolute Gasteiger partial charge is 0.241 e. The third-order valence-electron chi connectivity index (χ3n) is 8.09. The minimum absolute atomic E-state index is 0.0329. The number of hydrazine groups is 1. The third kappa shape index (κ3) is 4.26. The van der Waals surface area contributed by atoms with Gasteiger partial charge in [-0.1, -0.05) is 0 Å². The van der Waals surface area contributed by atoms with E-state index < -0.39 is 0 Å². The molecule has 0 unspecified atom stereocenters. The second kappa shape index (κ2) is 8.14. The first-order chi connectivity index (χ1) is 15.0. The van der Waals surface area contributed by atoms with Gasteiger partial charge in [-0.3, -0.25) is 20.4 Å². The summed E-state index contributed by atoms with van der Waals surface area (Å²) < 4.78 is 0. The van der Waals surface area contributed by atoms with E-state index in [0.29, 0.717) is 12.0 Å². The molecular formula is C24H31N5O2. The van der Waals surface area contributed by atoms with Gasteiger partial charge in [-0.15, -0.1) is 0 Å². The number of aromatic nitrogens is 1. The lowest BCUT2D eigenvalue weighted by molar-refractivity contribution is -0.135. The average Bonchev–Trinajstić information content (AvgIpc) is 2.76. The molecule has 2 amide bonds. The highest BCUT2D eigenvalue weighted by Crippen LogP contribution is 2.61. The Bertz CT molecular complexity index is 847. The van der Waals surface area contributed by atoms with E-state index in [4.69, 9.17) is 5.26 Å². The van der Waals surface area contributed by atoms with Crippen LogP contribution in [0.25, 0.3) is 0 Å². The number of amides is 2. The Morgan fingerprint density at radius 3 is 2.26 bits per heavy atom. The average molecular weight is 422 g/mol. The summed E-state index contributed by atoms with van der Waals surface area (Å²) in [5.41, 5.74) is 6.14. The molecule has 1 aliphatic heterocycles. The zero-order valence-electron chi connectivity index (χ0n) is 18.0. The van der Waals surface area contributed by atoms with Gasteiger partial charge < -0.3 is 4.90 Å². The van der Waals surface area contributed by atoms with Gasteiger partial charge in [0.15, 0.2) is 0 Å². The number of piperidine rings is 1. The lowest BCUT2D eigenvalue weighted by atomic mass is 9.49. The number of nitriles is 1. The van der Waals surface area contributed by atoms with Crippen LogP contribution in [0.2, 0.25) is 0 Å². The van der Waals surface area contributed by atoms with Crippen molar-refractivity contribution in [3.05, 3.63) is 23.9 Å². The number of carbonyl (C=O) groups is 2. The topological polar surface area (TPSA) is 98.1 Å². The monoisotopic (exact) mass is 421 g/mol. The van der Waals surface area contributed by atoms with Gasteiger partial charge in [0.25, 0.3) is 0 Å². The highest BCUT2D eigenvalue weighted by Gasteiger charge is 2.51. The van der Waals surface area contributed by atoms with Crippen LogP contribution in [-0.4, -0.2) is 29.9 Å². The van der Waals surface area contributed by atoms with Crippen molar-refractivity contribution >= 4 is 17.6 Å². The largest absolute Gasteiger partial charge is 0.357 e. The number of rotatable bonds is 4. The summed E-state index contributed by atoms with van der Waals surface area (Å²) in [7, 11) is 0. The molecule has 164 valence electrons. The molecule has 1 aromatic rings. The van der Waals surface area contributed by atoms with Crippen LogP contribution in [0.1, 0.15) is 63.4 Å². The molecule has 5 aliphatic rings. The zero-order valence-corrected chi connectivity index (χ0v) is 18.0. The minimum atomic E-state index is -0.102. The van der Waals surface area contributed by atoms with Gasteiger partial charge in [-0.2, -0.15) is 5.26 Å². The van der Waals surface area contributed by atoms with Crippen LogP contribution >= 0.6 is 0 Å². The highest BCUT2D eigenvalue weighted by atomic mass is 16.2. The van der Waals surface area contributed by atoms with Crippen molar-refractivity contribution in [2.24, 2.45) is 29.1 Å². The second-order valence-electron chi connectivity index (χ2n) is 10.4. The first-order valence-corrected chi connectivity index (χ1v) is 11.7. The molecule has 7 heteroatoms. The molecule has 7 nitrogen and oxygen atoms in total. The summed E-state index contributed by atoms with van der Waals surface area (Å²) in [5.74, 6) is 3.08. The summed E-state index contributed by atoms with van der Waals surface area (Å²) in [4.78, 5) is 31.7. The van der Waals surface area contributed by atoms with Crippen molar-refractivity contribution < 1.29 is 9.59 Å². The van der Waals surface area contributed by atoms with Crippen molar-refractivity contribution in [3.8, 4) is 6.07 Å². The van der Waals surface area contributed by atoms with E-state index in [9.17, 15) is 9.59 Å². The van der Waals surface area contributed by atoms with Crippen molar-refractivity contribution in [1.82, 2.24) is 15.8 Å². The Kier molecular flexibility index (Phi) is 5.33. The quantitative estimate of drug-likeness (QED) is 0.729. The van der Waals surface area contributed by atoms with Crippen LogP contribution < -0.4 is 15.8 Å². The van der Waals surface area contributed by atoms with Crippen molar-refractivity contribution in [3.63, 3.8) is 0 Å². The fourth-order valence-corrected chi connectivity index (χ4v) is 7.13. The Labute approximate surface area is 183 Å². The van der Waals surface area contributed by atoms with E-state index in [1.807, 2.05) is 6.07 Å². The van der Waals surface area contributed by atoms with E-state index in [0.717, 1.165) is 49.5 Å². The first-order valence-electron chi connectivity index (χ1n) is 11.7. The number of hydrogen-bond donors (Lipinski definition) is 2. The van der Waals surface area contributed by atoms with E-state index in [2.05, 4.69) is 26.8 Å². The maximum Gasteiger partial charge on any atom is 0.241 e. The SMILES string of the molecule is N#Cc1ccc(N2CCC(C(=O)NNC(=O)CC34CC5CC(CC(C5)C3)C4)CC2)nc1. The number of anilines is 1. The fraction of sp³-hybridized carbons (Fsp3) is 0.667. The van der Waals surface area contributed by atoms with Crippen molar-refractivity contribution in [2.45, 2.75) is 57.8 Å². The molecule has 0 atom stereocenters. The molecular weight excluding hydrogens is 390 g/mol. The first kappa shape index (κ1) is 20.3. The number of hydrogen-bond acceptors (Lipinski definition) is 5. The normalized spacial score (nSPS) is 31.8. The predicted molar refractivity (Wildman–Crippen MR) is 115 cm³/mol. The molecule has 31 heavy (non-hydrogen) atoms. The Morgan fingerprint density at radius 2 is 1.71 bits per heavy atom. The number of pyridine rings is 1. The van der Waals surface area contributed by atoms with Crippen LogP contribution in [0.15, 0.2) is 18.3 Å². The highest BCUT2D eigenvalue weighted by molar-refractivity contribution is 5.83. The summed E-state index contributed by atoms with van der Waals surface area (Å²) in [6.45, 7) is 1.47. The zero-order chi connectivity index (χ0) is 21.4. The van der Waals surface area contributed by atoms with Gasteiger partial charge in [-0.25, -0.2) is 4.98 Å². The van der Waals surface area contributed by atoms with Crippen LogP contribution in [0, 0.1) is 40.4 Å². The molecule has 4 bridgehead atoms. The van der Waals surface area contributed by atoms with Gasteiger partial charge in [0.1, 0.15) is 11.9 Å². The maximum absolute atomic E-state index is 12.6. The van der Waals surface area contributed by atoms with Crippen molar-refractivity contribution in [2.75, 3.05) is 18.0 Å². The number of nitrogens with one attached hydrogen (secondary N) is 2. The van der Waals surface area contributed by atoms with Crippen molar-refractivity contribution in [1.29, 1.82) is 5.26 Å². The molecule has 4 aliphatic carbocycles. The van der Waals surface area contributed by atoms with E-state index in [1.165, 1.54) is 38.5 Å².